The molecule has 1 aliphatic heterocycles. The lowest BCUT2D eigenvalue weighted by Crippen LogP contribution is -2.33. The number of rotatable bonds is 11. The molecule has 0 atom stereocenters. The minimum absolute atomic E-state index is 0.244. The number of Topliss-reactive ketones (excluding diaryl/α,β-unsaturated/α-hetero) is 1. The fraction of sp³-hybridized carbons (Fsp3) is 0.367. The molecule has 0 saturated carbocycles. The smallest absolute Gasteiger partial charge is 0.203 e. The highest BCUT2D eigenvalue weighted by Crippen LogP contribution is 2.45. The summed E-state index contributed by atoms with van der Waals surface area (Å²) in [6, 6.07) is 16.7. The van der Waals surface area contributed by atoms with Crippen LogP contribution in [0.25, 0.3) is 0 Å². The van der Waals surface area contributed by atoms with Gasteiger partial charge in [-0.15, -0.1) is 0 Å². The number of ketones is 1. The molecule has 0 radical (unpaired) electrons. The van der Waals surface area contributed by atoms with E-state index in [1.54, 1.807) is 24.3 Å². The first-order valence-corrected chi connectivity index (χ1v) is 12.5. The van der Waals surface area contributed by atoms with Crippen LogP contribution in [0.4, 0.5) is 0 Å². The second-order valence-electron chi connectivity index (χ2n) is 9.46. The molecule has 37 heavy (non-hydrogen) atoms. The minimum atomic E-state index is -0.334. The number of benzene rings is 3. The summed E-state index contributed by atoms with van der Waals surface area (Å²) in [5.74, 6) is 2.30. The van der Waals surface area contributed by atoms with Gasteiger partial charge in [-0.3, -0.25) is 4.79 Å². The van der Waals surface area contributed by atoms with Gasteiger partial charge >= 0.3 is 0 Å². The predicted molar refractivity (Wildman–Crippen MR) is 140 cm³/mol. The van der Waals surface area contributed by atoms with Crippen LogP contribution in [-0.2, 0) is 19.6 Å². The lowest BCUT2D eigenvalue weighted by molar-refractivity contribution is 0.0807. The summed E-state index contributed by atoms with van der Waals surface area (Å²) in [5, 5.41) is 10.1. The summed E-state index contributed by atoms with van der Waals surface area (Å²) in [7, 11) is 1.53. The Kier molecular flexibility index (Phi) is 8.24. The first-order chi connectivity index (χ1) is 17.8. The van der Waals surface area contributed by atoms with Gasteiger partial charge in [0, 0.05) is 17.7 Å². The molecule has 1 N–H and O–H groups in total. The van der Waals surface area contributed by atoms with Crippen molar-refractivity contribution in [2.45, 2.75) is 52.4 Å². The van der Waals surface area contributed by atoms with E-state index in [9.17, 15) is 9.90 Å². The van der Waals surface area contributed by atoms with Crippen molar-refractivity contribution < 1.29 is 33.6 Å². The summed E-state index contributed by atoms with van der Waals surface area (Å²) in [6.07, 6.45) is 1.47. The summed E-state index contributed by atoms with van der Waals surface area (Å²) in [6.45, 7) is 6.21. The van der Waals surface area contributed by atoms with Crippen LogP contribution in [0, 0.1) is 0 Å². The third-order valence-electron chi connectivity index (χ3n) is 6.30. The lowest BCUT2D eigenvalue weighted by atomic mass is 9.92. The highest BCUT2D eigenvalue weighted by Gasteiger charge is 2.32. The van der Waals surface area contributed by atoms with Gasteiger partial charge in [-0.2, -0.15) is 0 Å². The Labute approximate surface area is 217 Å². The number of fused-ring (bicyclic) bond motifs is 1. The molecule has 7 nitrogen and oxygen atoms in total. The van der Waals surface area contributed by atoms with E-state index < -0.39 is 0 Å². The highest BCUT2D eigenvalue weighted by molar-refractivity contribution is 6.00. The van der Waals surface area contributed by atoms with Crippen LogP contribution in [0.5, 0.6) is 28.7 Å². The van der Waals surface area contributed by atoms with E-state index in [4.69, 9.17) is 23.7 Å². The van der Waals surface area contributed by atoms with Gasteiger partial charge in [0.15, 0.2) is 6.61 Å². The maximum Gasteiger partial charge on any atom is 0.203 e. The van der Waals surface area contributed by atoms with Crippen LogP contribution in [0.15, 0.2) is 54.6 Å². The Morgan fingerprint density at radius 3 is 2.51 bits per heavy atom. The maximum absolute atomic E-state index is 13.4. The van der Waals surface area contributed by atoms with Gasteiger partial charge in [0.2, 0.25) is 5.78 Å². The number of carbonyl (C=O) groups excluding carboxylic acids is 1. The molecule has 0 aliphatic carbocycles. The third kappa shape index (κ3) is 6.17. The summed E-state index contributed by atoms with van der Waals surface area (Å²) < 4.78 is 29.4. The Morgan fingerprint density at radius 2 is 1.81 bits per heavy atom. The van der Waals surface area contributed by atoms with Gasteiger partial charge in [-0.1, -0.05) is 30.3 Å². The van der Waals surface area contributed by atoms with Gasteiger partial charge in [-0.05, 0) is 51.3 Å². The van der Waals surface area contributed by atoms with E-state index in [0.717, 1.165) is 17.5 Å². The molecule has 0 fully saturated rings. The van der Waals surface area contributed by atoms with E-state index in [1.165, 1.54) is 7.11 Å². The normalized spacial score (nSPS) is 13.8. The van der Waals surface area contributed by atoms with Crippen molar-refractivity contribution in [1.29, 1.82) is 0 Å². The third-order valence-corrected chi connectivity index (χ3v) is 6.30. The van der Waals surface area contributed by atoms with Crippen molar-refractivity contribution in [1.82, 2.24) is 0 Å². The van der Waals surface area contributed by atoms with E-state index in [2.05, 4.69) is 0 Å². The molecule has 0 amide bonds. The Morgan fingerprint density at radius 1 is 1.03 bits per heavy atom. The lowest BCUT2D eigenvalue weighted by Gasteiger charge is -2.34. The molecule has 3 aromatic carbocycles. The van der Waals surface area contributed by atoms with E-state index in [1.807, 2.05) is 51.1 Å². The zero-order chi connectivity index (χ0) is 26.4. The van der Waals surface area contributed by atoms with Gasteiger partial charge in [0.1, 0.15) is 41.0 Å². The zero-order valence-electron chi connectivity index (χ0n) is 21.8. The van der Waals surface area contributed by atoms with E-state index >= 15 is 0 Å². The van der Waals surface area contributed by atoms with Crippen LogP contribution < -0.4 is 23.7 Å². The maximum atomic E-state index is 13.4. The van der Waals surface area contributed by atoms with Crippen LogP contribution in [0.2, 0.25) is 0 Å². The minimum Gasteiger partial charge on any atom is -0.496 e. The van der Waals surface area contributed by atoms with E-state index in [0.29, 0.717) is 59.5 Å². The quantitative estimate of drug-likeness (QED) is 0.342. The SMILES string of the molecule is CCOc1ccc(C(=O)COc2c(CO)c(OC)cc3c2CCC(C)(C)O3)c(OCc2ccccc2)c1. The predicted octanol–water partition coefficient (Wildman–Crippen LogP) is 5.53. The Balaban J connectivity index is 1.60. The average molecular weight is 507 g/mol. The standard InChI is InChI=1S/C30H34O7/c1-5-34-21-11-12-22(27(15-21)35-18-20-9-7-6-8-10-20)25(32)19-36-29-23-13-14-30(2,3)37-28(23)16-26(33-4)24(29)17-31/h6-12,15-16,31H,5,13-14,17-19H2,1-4H3. The van der Waals surface area contributed by atoms with Gasteiger partial charge < -0.3 is 28.8 Å². The van der Waals surface area contributed by atoms with Crippen molar-refractivity contribution in [3.63, 3.8) is 0 Å². The molecule has 4 rings (SSSR count). The summed E-state index contributed by atoms with van der Waals surface area (Å²) in [4.78, 5) is 13.4. The Hall–Kier alpha value is -3.71. The van der Waals surface area contributed by atoms with Gasteiger partial charge in [0.25, 0.3) is 0 Å². The van der Waals surface area contributed by atoms with Crippen molar-refractivity contribution in [2.75, 3.05) is 20.3 Å². The molecule has 1 heterocycles. The highest BCUT2D eigenvalue weighted by atomic mass is 16.5. The summed E-state index contributed by atoms with van der Waals surface area (Å²) in [5.41, 5.74) is 2.35. The van der Waals surface area contributed by atoms with Crippen molar-refractivity contribution in [3.8, 4) is 28.7 Å². The van der Waals surface area contributed by atoms with Crippen LogP contribution in [-0.4, -0.2) is 36.8 Å². The molecule has 0 unspecified atom stereocenters. The number of aliphatic hydroxyl groups is 1. The fourth-order valence-electron chi connectivity index (χ4n) is 4.37. The first kappa shape index (κ1) is 26.4. The number of hydrogen-bond donors (Lipinski definition) is 1. The largest absolute Gasteiger partial charge is 0.496 e. The van der Waals surface area contributed by atoms with Crippen LogP contribution >= 0.6 is 0 Å². The molecule has 0 saturated heterocycles. The van der Waals surface area contributed by atoms with Crippen molar-refractivity contribution in [2.24, 2.45) is 0 Å². The van der Waals surface area contributed by atoms with Crippen molar-refractivity contribution in [3.05, 3.63) is 76.9 Å². The van der Waals surface area contributed by atoms with Gasteiger partial charge in [0.05, 0.1) is 31.5 Å². The second kappa shape index (κ2) is 11.6. The molecule has 196 valence electrons. The molecule has 0 aromatic heterocycles. The number of carbonyl (C=O) groups is 1. The fourth-order valence-corrected chi connectivity index (χ4v) is 4.37. The monoisotopic (exact) mass is 506 g/mol. The summed E-state index contributed by atoms with van der Waals surface area (Å²) >= 11 is 0. The molecular weight excluding hydrogens is 472 g/mol. The van der Waals surface area contributed by atoms with E-state index in [-0.39, 0.29) is 24.6 Å². The zero-order valence-corrected chi connectivity index (χ0v) is 21.8. The van der Waals surface area contributed by atoms with Crippen LogP contribution in [0.1, 0.15) is 54.2 Å². The molecule has 3 aromatic rings. The molecule has 0 bridgehead atoms. The van der Waals surface area contributed by atoms with Crippen LogP contribution in [0.3, 0.4) is 0 Å². The van der Waals surface area contributed by atoms with Gasteiger partial charge in [-0.25, -0.2) is 0 Å². The van der Waals surface area contributed by atoms with Crippen molar-refractivity contribution >= 4 is 5.78 Å². The Bertz CT molecular complexity index is 1230. The molecule has 7 heteroatoms. The number of aliphatic hydroxyl groups excluding tert-OH is 1. The second-order valence-corrected chi connectivity index (χ2v) is 9.46. The molecular formula is C30H34O7. The number of ether oxygens (including phenoxy) is 5. The topological polar surface area (TPSA) is 83.5 Å². The average Bonchev–Trinajstić information content (AvgIpc) is 2.90. The number of hydrogen-bond acceptors (Lipinski definition) is 7. The molecule has 0 spiro atoms. The molecule has 1 aliphatic rings. The number of methoxy groups -OCH3 is 1. The first-order valence-electron chi connectivity index (χ1n) is 12.5.